The number of unbranched alkanes of at least 4 members (excludes halogenated alkanes) is 6. The molecule has 0 aromatic heterocycles. The summed E-state index contributed by atoms with van der Waals surface area (Å²) in [6.45, 7) is 4.41. The largest absolute Gasteiger partial charge is 0.465 e. The van der Waals surface area contributed by atoms with Crippen LogP contribution in [-0.2, 0) is 12.8 Å². The molecular weight excluding hydrogens is 1410 g/mol. The van der Waals surface area contributed by atoms with Crippen molar-refractivity contribution in [2.24, 2.45) is 0 Å². The Labute approximate surface area is 655 Å². The molecule has 19 nitrogen and oxygen atoms in total. The van der Waals surface area contributed by atoms with Crippen molar-refractivity contribution in [1.82, 2.24) is 0 Å². The quantitative estimate of drug-likeness (QED) is 0.00923. The minimum absolute atomic E-state index is 0.0749. The van der Waals surface area contributed by atoms with Crippen LogP contribution in [0.2, 0.25) is 0 Å². The average molecular weight is 1490 g/mol. The van der Waals surface area contributed by atoms with Gasteiger partial charge in [0.15, 0.2) is 0 Å². The number of anilines is 6. The number of nitro benzene ring substituents is 4. The number of aryl methyl sites for hydroxylation is 2. The van der Waals surface area contributed by atoms with Crippen molar-refractivity contribution in [1.29, 1.82) is 21.0 Å². The zero-order valence-corrected chi connectivity index (χ0v) is 62.1. The van der Waals surface area contributed by atoms with Gasteiger partial charge in [0, 0.05) is 82.7 Å². The summed E-state index contributed by atoms with van der Waals surface area (Å²) in [7, 11) is 0. The second-order valence-electron chi connectivity index (χ2n) is 26.6. The van der Waals surface area contributed by atoms with Crippen molar-refractivity contribution in [3.8, 4) is 30.0 Å². The maximum absolute atomic E-state index is 11.4. The smallest absolute Gasteiger partial charge is 0.269 e. The number of ether oxygens (including phenoxy) is 1. The van der Waals surface area contributed by atoms with Gasteiger partial charge in [0.25, 0.3) is 22.7 Å². The van der Waals surface area contributed by atoms with Crippen LogP contribution in [0.3, 0.4) is 0 Å². The molecule has 556 valence electrons. The SMILES string of the molecule is CCCCCCc1cc(O/C=C/c2ccc(N(c3ccc(/C=C(\C#N)c4ccc([N+](=O)[O-])cc4)cc3)c3ccc(/C=C(/C#N)c4ccc([N+](=O)[O-])cc4)cc3)cc2)c(CCCCCC)cc1/C=C/c1ccc(N(c2ccc(/C=C(\C#N)c3ccc([N+](=O)[O-])cc3)cc2)c2ccc(/C=C(/C#N)c3ccc([N+](=O)[O-])cc3)cc2)cc1. The second-order valence-corrected chi connectivity index (χ2v) is 26.6. The third-order valence-electron chi connectivity index (χ3n) is 19.0. The van der Waals surface area contributed by atoms with Gasteiger partial charge in [-0.1, -0.05) is 137 Å². The number of nitro groups is 4. The summed E-state index contributed by atoms with van der Waals surface area (Å²) in [6.07, 6.45) is 25.2. The first-order valence-electron chi connectivity index (χ1n) is 36.9. The Balaban J connectivity index is 0.873. The molecule has 0 radical (unpaired) electrons. The Morgan fingerprint density at radius 1 is 0.327 bits per heavy atom. The van der Waals surface area contributed by atoms with Crippen LogP contribution in [0.1, 0.15) is 138 Å². The predicted molar refractivity (Wildman–Crippen MR) is 449 cm³/mol. The van der Waals surface area contributed by atoms with Crippen LogP contribution in [0.4, 0.5) is 56.9 Å². The molecule has 11 rings (SSSR count). The molecule has 0 N–H and O–H groups in total. The first-order valence-corrected chi connectivity index (χ1v) is 36.9. The summed E-state index contributed by atoms with van der Waals surface area (Å²) >= 11 is 0. The summed E-state index contributed by atoms with van der Waals surface area (Å²) < 4.78 is 6.71. The Bertz CT molecular complexity index is 5360. The van der Waals surface area contributed by atoms with E-state index in [-0.39, 0.29) is 22.7 Å². The summed E-state index contributed by atoms with van der Waals surface area (Å²) in [5.41, 5.74) is 16.3. The number of rotatable bonds is 33. The topological polar surface area (TPSA) is 283 Å². The molecule has 0 aliphatic carbocycles. The molecule has 19 heteroatoms. The van der Waals surface area contributed by atoms with Crippen molar-refractivity contribution >= 4 is 122 Å². The lowest BCUT2D eigenvalue weighted by atomic mass is 9.94. The molecule has 11 aromatic carbocycles. The van der Waals surface area contributed by atoms with E-state index >= 15 is 0 Å². The van der Waals surface area contributed by atoms with Crippen molar-refractivity contribution in [3.05, 3.63) is 374 Å². The van der Waals surface area contributed by atoms with Gasteiger partial charge in [-0.15, -0.1) is 0 Å². The van der Waals surface area contributed by atoms with Crippen molar-refractivity contribution in [2.75, 3.05) is 9.80 Å². The lowest BCUT2D eigenvalue weighted by Gasteiger charge is -2.26. The van der Waals surface area contributed by atoms with E-state index in [2.05, 4.69) is 96.5 Å². The Morgan fingerprint density at radius 2 is 0.593 bits per heavy atom. The monoisotopic (exact) mass is 1490 g/mol. The Morgan fingerprint density at radius 3 is 0.858 bits per heavy atom. The Hall–Kier alpha value is -15.2. The van der Waals surface area contributed by atoms with Crippen LogP contribution >= 0.6 is 0 Å². The van der Waals surface area contributed by atoms with E-state index in [1.165, 1.54) is 54.1 Å². The molecule has 0 fully saturated rings. The van der Waals surface area contributed by atoms with Crippen molar-refractivity contribution in [2.45, 2.75) is 78.1 Å². The number of non-ortho nitro benzene ring substituents is 4. The molecule has 0 bridgehead atoms. The number of hydrogen-bond donors (Lipinski definition) is 0. The fraction of sp³-hybridized carbons (Fsp3) is 0.128. The van der Waals surface area contributed by atoms with Gasteiger partial charge in [-0.25, -0.2) is 0 Å². The fourth-order valence-corrected chi connectivity index (χ4v) is 12.9. The molecule has 11 aromatic rings. The molecule has 0 saturated carbocycles. The molecule has 0 saturated heterocycles. The van der Waals surface area contributed by atoms with Crippen LogP contribution < -0.4 is 14.5 Å². The van der Waals surface area contributed by atoms with Crippen molar-refractivity contribution in [3.63, 3.8) is 0 Å². The van der Waals surface area contributed by atoms with Gasteiger partial charge in [0.05, 0.1) is 72.5 Å². The van der Waals surface area contributed by atoms with Gasteiger partial charge in [-0.2, -0.15) is 21.0 Å². The maximum Gasteiger partial charge on any atom is 0.269 e. The molecule has 0 aliphatic rings. The number of nitrogens with zero attached hydrogens (tertiary/aromatic N) is 10. The van der Waals surface area contributed by atoms with E-state index in [9.17, 15) is 61.5 Å². The van der Waals surface area contributed by atoms with Gasteiger partial charge in [0.2, 0.25) is 0 Å². The average Bonchev–Trinajstić information content (AvgIpc) is 0.805. The molecule has 113 heavy (non-hydrogen) atoms. The van der Waals surface area contributed by atoms with Gasteiger partial charge in [-0.3, -0.25) is 40.5 Å². The highest BCUT2D eigenvalue weighted by Crippen LogP contribution is 2.40. The summed E-state index contributed by atoms with van der Waals surface area (Å²) in [4.78, 5) is 47.7. The van der Waals surface area contributed by atoms with Crippen molar-refractivity contribution < 1.29 is 24.4 Å². The van der Waals surface area contributed by atoms with E-state index in [0.29, 0.717) is 44.5 Å². The second kappa shape index (κ2) is 38.6. The third kappa shape index (κ3) is 21.0. The standard InChI is InChI=1S/C94H76N10O9/c1-3-5-7-9-11-77-62-94(113-56-55-68-16-37-85(38-17-68)100(88-43-22-71(23-44-88)59-82(65-97)75-31-51-92(52-32-75)103(109)110)89-45-24-72(25-46-89)60-83(66-98)76-33-53-93(54-34-76)104(111)112)79(12-10-8-6-4-2)61-78(77)26-13-67-14-35-84(36-15-67)99(86-39-18-69(19-40-86)57-80(63-95)73-27-47-90(48-28-73)101(105)106)87-41-20-70(21-42-87)58-81(64-96)74-29-49-91(50-30-74)102(107)108/h13-62H,3-12H2,1-2H3/b26-13+,56-55+,80-57-,81-58+,82-59-,83-60+. The molecule has 0 amide bonds. The first kappa shape index (κ1) is 78.9. The minimum atomic E-state index is -0.485. The molecule has 0 aliphatic heterocycles. The van der Waals surface area contributed by atoms with E-state index in [4.69, 9.17) is 4.74 Å². The first-order chi connectivity index (χ1) is 55.0. The van der Waals surface area contributed by atoms with Gasteiger partial charge < -0.3 is 14.5 Å². The van der Waals surface area contributed by atoms with Crippen LogP contribution in [-0.4, -0.2) is 19.7 Å². The number of benzene rings is 11. The summed E-state index contributed by atoms with van der Waals surface area (Å²) in [6, 6.07) is 84.0. The van der Waals surface area contributed by atoms with E-state index in [1.54, 1.807) is 79.1 Å². The van der Waals surface area contributed by atoms with E-state index in [1.807, 2.05) is 127 Å². The zero-order chi connectivity index (χ0) is 79.6. The van der Waals surface area contributed by atoms with Gasteiger partial charge in [-0.05, 0) is 262 Å². The van der Waals surface area contributed by atoms with Crippen LogP contribution in [0.15, 0.2) is 261 Å². The predicted octanol–water partition coefficient (Wildman–Crippen LogP) is 25.0. The van der Waals surface area contributed by atoms with E-state index in [0.717, 1.165) is 149 Å². The fourth-order valence-electron chi connectivity index (χ4n) is 12.9. The number of nitriles is 4. The highest BCUT2D eigenvalue weighted by atomic mass is 16.6. The normalized spacial score (nSPS) is 11.7. The van der Waals surface area contributed by atoms with Crippen LogP contribution in [0.25, 0.3) is 64.8 Å². The zero-order valence-electron chi connectivity index (χ0n) is 62.1. The highest BCUT2D eigenvalue weighted by molar-refractivity contribution is 5.94. The molecule has 0 heterocycles. The number of allylic oxidation sites excluding steroid dienone is 4. The summed E-state index contributed by atoms with van der Waals surface area (Å²) in [5, 5.41) is 86.1. The lowest BCUT2D eigenvalue weighted by Crippen LogP contribution is -2.09. The molecular formula is C94H76N10O9. The third-order valence-corrected chi connectivity index (χ3v) is 19.0. The highest BCUT2D eigenvalue weighted by Gasteiger charge is 2.19. The maximum atomic E-state index is 11.4. The van der Waals surface area contributed by atoms with Crippen LogP contribution in [0.5, 0.6) is 5.75 Å². The van der Waals surface area contributed by atoms with Gasteiger partial charge >= 0.3 is 0 Å². The molecule has 0 atom stereocenters. The van der Waals surface area contributed by atoms with E-state index < -0.39 is 19.7 Å². The lowest BCUT2D eigenvalue weighted by molar-refractivity contribution is -0.385. The van der Waals surface area contributed by atoms with Crippen LogP contribution in [0, 0.1) is 85.8 Å². The Kier molecular flexibility index (Phi) is 26.9. The number of hydrogen-bond acceptors (Lipinski definition) is 15. The molecule has 0 unspecified atom stereocenters. The minimum Gasteiger partial charge on any atom is -0.465 e. The molecule has 0 spiro atoms. The summed E-state index contributed by atoms with van der Waals surface area (Å²) in [5.74, 6) is 0.798. The van der Waals surface area contributed by atoms with Gasteiger partial charge in [0.1, 0.15) is 5.75 Å².